The Hall–Kier alpha value is -0.790. The van der Waals surface area contributed by atoms with E-state index in [1.54, 1.807) is 0 Å². The van der Waals surface area contributed by atoms with E-state index in [0.29, 0.717) is 0 Å². The molecule has 19 heavy (non-hydrogen) atoms. The molecule has 1 atom stereocenters. The Morgan fingerprint density at radius 1 is 0.842 bits per heavy atom. The van der Waals surface area contributed by atoms with Gasteiger partial charge >= 0.3 is 0 Å². The molecule has 1 unspecified atom stereocenters. The summed E-state index contributed by atoms with van der Waals surface area (Å²) < 4.78 is 1.09. The first-order valence-corrected chi connectivity index (χ1v) is 7.98. The van der Waals surface area contributed by atoms with Crippen LogP contribution in [0.4, 0.5) is 0 Å². The van der Waals surface area contributed by atoms with Crippen LogP contribution in [0.5, 0.6) is 0 Å². The van der Waals surface area contributed by atoms with Crippen molar-refractivity contribution in [1.82, 2.24) is 0 Å². The van der Waals surface area contributed by atoms with Crippen molar-refractivity contribution >= 4 is 27.5 Å². The SMILES string of the molecule is ClC(c1ccc(Br)cc1)c1ccc2c(c1)CCCC2. The number of rotatable bonds is 2. The van der Waals surface area contributed by atoms with Crippen LogP contribution in [0.1, 0.15) is 40.5 Å². The summed E-state index contributed by atoms with van der Waals surface area (Å²) in [5.74, 6) is 0. The van der Waals surface area contributed by atoms with Crippen LogP contribution in [0.25, 0.3) is 0 Å². The summed E-state index contributed by atoms with van der Waals surface area (Å²) in [7, 11) is 0. The second-order valence-corrected chi connectivity index (χ2v) is 6.50. The van der Waals surface area contributed by atoms with E-state index in [4.69, 9.17) is 11.6 Å². The molecule has 0 N–H and O–H groups in total. The summed E-state index contributed by atoms with van der Waals surface area (Å²) in [6.45, 7) is 0. The molecular weight excluding hydrogens is 320 g/mol. The summed E-state index contributed by atoms with van der Waals surface area (Å²) in [4.78, 5) is 0. The van der Waals surface area contributed by atoms with E-state index < -0.39 is 0 Å². The summed E-state index contributed by atoms with van der Waals surface area (Å²) in [6.07, 6.45) is 5.05. The first-order valence-electron chi connectivity index (χ1n) is 6.75. The first kappa shape index (κ1) is 13.2. The van der Waals surface area contributed by atoms with Crippen LogP contribution in [0.2, 0.25) is 0 Å². The van der Waals surface area contributed by atoms with Crippen molar-refractivity contribution in [2.45, 2.75) is 31.1 Å². The van der Waals surface area contributed by atoms with Crippen molar-refractivity contribution in [3.63, 3.8) is 0 Å². The van der Waals surface area contributed by atoms with Gasteiger partial charge in [0.2, 0.25) is 0 Å². The molecule has 2 aromatic rings. The van der Waals surface area contributed by atoms with E-state index >= 15 is 0 Å². The Kier molecular flexibility index (Phi) is 3.95. The maximum absolute atomic E-state index is 6.61. The maximum atomic E-state index is 6.61. The van der Waals surface area contributed by atoms with Gasteiger partial charge in [0.25, 0.3) is 0 Å². The minimum Gasteiger partial charge on any atom is -0.113 e. The lowest BCUT2D eigenvalue weighted by molar-refractivity contribution is 0.684. The summed E-state index contributed by atoms with van der Waals surface area (Å²) >= 11 is 10.1. The molecule has 0 aliphatic heterocycles. The molecule has 3 rings (SSSR count). The molecule has 2 aromatic carbocycles. The van der Waals surface area contributed by atoms with Gasteiger partial charge in [-0.1, -0.05) is 46.3 Å². The number of fused-ring (bicyclic) bond motifs is 1. The Morgan fingerprint density at radius 2 is 1.47 bits per heavy atom. The average molecular weight is 336 g/mol. The Morgan fingerprint density at radius 3 is 2.21 bits per heavy atom. The quantitative estimate of drug-likeness (QED) is 0.622. The highest BCUT2D eigenvalue weighted by atomic mass is 79.9. The van der Waals surface area contributed by atoms with Crippen LogP contribution < -0.4 is 0 Å². The van der Waals surface area contributed by atoms with E-state index in [1.807, 2.05) is 12.1 Å². The number of hydrogen-bond acceptors (Lipinski definition) is 0. The molecule has 2 heteroatoms. The van der Waals surface area contributed by atoms with Crippen LogP contribution in [0.3, 0.4) is 0 Å². The van der Waals surface area contributed by atoms with Gasteiger partial charge in [0.1, 0.15) is 0 Å². The molecule has 0 amide bonds. The molecule has 0 fully saturated rings. The maximum Gasteiger partial charge on any atom is 0.0835 e. The molecular formula is C17H16BrCl. The molecule has 0 bridgehead atoms. The predicted octanol–water partition coefficient (Wildman–Crippen LogP) is 5.66. The Labute approximate surface area is 127 Å². The molecule has 0 heterocycles. The van der Waals surface area contributed by atoms with E-state index in [-0.39, 0.29) is 5.38 Å². The monoisotopic (exact) mass is 334 g/mol. The molecule has 1 aliphatic carbocycles. The molecule has 98 valence electrons. The highest BCUT2D eigenvalue weighted by Gasteiger charge is 2.14. The van der Waals surface area contributed by atoms with Crippen molar-refractivity contribution in [1.29, 1.82) is 0 Å². The number of hydrogen-bond donors (Lipinski definition) is 0. The van der Waals surface area contributed by atoms with Crippen LogP contribution in [-0.4, -0.2) is 0 Å². The molecule has 0 spiro atoms. The zero-order valence-electron chi connectivity index (χ0n) is 10.7. The Bertz CT molecular complexity index is 574. The van der Waals surface area contributed by atoms with E-state index in [0.717, 1.165) is 10.0 Å². The second-order valence-electron chi connectivity index (χ2n) is 5.15. The molecule has 0 saturated heterocycles. The topological polar surface area (TPSA) is 0 Å². The highest BCUT2D eigenvalue weighted by Crippen LogP contribution is 2.32. The van der Waals surface area contributed by atoms with Crippen molar-refractivity contribution < 1.29 is 0 Å². The van der Waals surface area contributed by atoms with E-state index in [2.05, 4.69) is 46.3 Å². The minimum atomic E-state index is -0.0553. The number of benzene rings is 2. The largest absolute Gasteiger partial charge is 0.113 e. The van der Waals surface area contributed by atoms with Gasteiger partial charge < -0.3 is 0 Å². The molecule has 0 aromatic heterocycles. The smallest absolute Gasteiger partial charge is 0.0835 e. The van der Waals surface area contributed by atoms with Gasteiger partial charge in [-0.05, 0) is 60.1 Å². The molecule has 0 saturated carbocycles. The summed E-state index contributed by atoms with van der Waals surface area (Å²) in [5.41, 5.74) is 5.37. The fourth-order valence-electron chi connectivity index (χ4n) is 2.74. The van der Waals surface area contributed by atoms with Crippen LogP contribution >= 0.6 is 27.5 Å². The molecule has 1 aliphatic rings. The van der Waals surface area contributed by atoms with Gasteiger partial charge in [-0.15, -0.1) is 11.6 Å². The lowest BCUT2D eigenvalue weighted by atomic mass is 9.89. The predicted molar refractivity (Wildman–Crippen MR) is 84.9 cm³/mol. The number of alkyl halides is 1. The highest BCUT2D eigenvalue weighted by molar-refractivity contribution is 9.10. The molecule has 0 radical (unpaired) electrons. The van der Waals surface area contributed by atoms with Crippen molar-refractivity contribution in [3.05, 3.63) is 69.2 Å². The zero-order valence-corrected chi connectivity index (χ0v) is 13.0. The van der Waals surface area contributed by atoms with Crippen LogP contribution in [0.15, 0.2) is 46.9 Å². The van der Waals surface area contributed by atoms with Crippen LogP contribution in [0, 0.1) is 0 Å². The average Bonchev–Trinajstić information content (AvgIpc) is 2.47. The third-order valence-electron chi connectivity index (χ3n) is 3.83. The minimum absolute atomic E-state index is 0.0553. The van der Waals surface area contributed by atoms with E-state index in [1.165, 1.54) is 42.4 Å². The van der Waals surface area contributed by atoms with Crippen LogP contribution in [-0.2, 0) is 12.8 Å². The van der Waals surface area contributed by atoms with E-state index in [9.17, 15) is 0 Å². The fraction of sp³-hybridized carbons (Fsp3) is 0.294. The van der Waals surface area contributed by atoms with Crippen molar-refractivity contribution in [2.24, 2.45) is 0 Å². The number of aryl methyl sites for hydroxylation is 2. The third kappa shape index (κ3) is 2.88. The van der Waals surface area contributed by atoms with Gasteiger partial charge in [-0.25, -0.2) is 0 Å². The van der Waals surface area contributed by atoms with Gasteiger partial charge in [0, 0.05) is 4.47 Å². The van der Waals surface area contributed by atoms with Gasteiger partial charge in [0.15, 0.2) is 0 Å². The van der Waals surface area contributed by atoms with Crippen molar-refractivity contribution in [2.75, 3.05) is 0 Å². The third-order valence-corrected chi connectivity index (χ3v) is 4.86. The number of halogens is 2. The normalized spacial score (nSPS) is 15.9. The summed E-state index contributed by atoms with van der Waals surface area (Å²) in [5, 5.41) is -0.0553. The first-order chi connectivity index (χ1) is 9.24. The summed E-state index contributed by atoms with van der Waals surface area (Å²) in [6, 6.07) is 15.0. The standard InChI is InChI=1S/C17H16BrCl/c18-16-9-7-13(8-10-16)17(19)15-6-5-12-3-1-2-4-14(12)11-15/h5-11,17H,1-4H2. The lowest BCUT2D eigenvalue weighted by Gasteiger charge is -2.18. The fourth-order valence-corrected chi connectivity index (χ4v) is 3.28. The zero-order chi connectivity index (χ0) is 13.2. The Balaban J connectivity index is 1.91. The van der Waals surface area contributed by atoms with Gasteiger partial charge in [-0.3, -0.25) is 0 Å². The molecule has 0 nitrogen and oxygen atoms in total. The van der Waals surface area contributed by atoms with Crippen molar-refractivity contribution in [3.8, 4) is 0 Å². The van der Waals surface area contributed by atoms with Gasteiger partial charge in [0.05, 0.1) is 5.38 Å². The lowest BCUT2D eigenvalue weighted by Crippen LogP contribution is -2.04. The van der Waals surface area contributed by atoms with Gasteiger partial charge in [-0.2, -0.15) is 0 Å². The second kappa shape index (κ2) is 5.68.